The molecule has 1 N–H and O–H groups in total. The average Bonchev–Trinajstić information content (AvgIpc) is 2.76. The van der Waals surface area contributed by atoms with Crippen LogP contribution in [0.25, 0.3) is 0 Å². The van der Waals surface area contributed by atoms with Crippen molar-refractivity contribution in [1.29, 1.82) is 0 Å². The maximum absolute atomic E-state index is 10.4. The third-order valence-corrected chi connectivity index (χ3v) is 2.98. The summed E-state index contributed by atoms with van der Waals surface area (Å²) in [5, 5.41) is 4.29. The molecule has 4 nitrogen and oxygen atoms in total. The van der Waals surface area contributed by atoms with Crippen molar-refractivity contribution in [3.8, 4) is 0 Å². The van der Waals surface area contributed by atoms with Gasteiger partial charge >= 0.3 is 0 Å². The molecule has 2 rings (SSSR count). The van der Waals surface area contributed by atoms with Crippen LogP contribution in [0.15, 0.2) is 24.5 Å². The normalized spacial score (nSPS) is 10.1. The molecule has 0 aliphatic carbocycles. The van der Waals surface area contributed by atoms with Crippen molar-refractivity contribution in [3.05, 3.63) is 40.1 Å². The first-order valence-corrected chi connectivity index (χ1v) is 5.72. The molecule has 0 aromatic carbocycles. The highest BCUT2D eigenvalue weighted by atomic mass is 35.5. The molecule has 0 amide bonds. The number of nitrogens with one attached hydrogen (secondary N) is 1. The summed E-state index contributed by atoms with van der Waals surface area (Å²) in [5.74, 6) is 0. The molecule has 0 fully saturated rings. The number of nitrogens with zero attached hydrogens (tertiary/aromatic N) is 2. The number of aromatic nitrogens is 2. The topological polar surface area (TPSA) is 54.9 Å². The highest BCUT2D eigenvalue weighted by Gasteiger charge is 2.00. The van der Waals surface area contributed by atoms with Crippen LogP contribution in [0.5, 0.6) is 0 Å². The first-order chi connectivity index (χ1) is 7.78. The van der Waals surface area contributed by atoms with Gasteiger partial charge in [0.05, 0.1) is 11.1 Å². The van der Waals surface area contributed by atoms with E-state index in [2.05, 4.69) is 15.3 Å². The van der Waals surface area contributed by atoms with E-state index < -0.39 is 0 Å². The van der Waals surface area contributed by atoms with Gasteiger partial charge in [0.15, 0.2) is 11.4 Å². The van der Waals surface area contributed by atoms with Gasteiger partial charge in [-0.25, -0.2) is 9.97 Å². The second kappa shape index (κ2) is 5.05. The Morgan fingerprint density at radius 3 is 2.88 bits per heavy atom. The van der Waals surface area contributed by atoms with Crippen molar-refractivity contribution >= 4 is 34.4 Å². The van der Waals surface area contributed by atoms with Crippen LogP contribution in [0, 0.1) is 0 Å². The fourth-order valence-electron chi connectivity index (χ4n) is 1.11. The fraction of sp³-hybridized carbons (Fsp3) is 0.100. The monoisotopic (exact) mass is 253 g/mol. The van der Waals surface area contributed by atoms with E-state index in [1.54, 1.807) is 18.5 Å². The first kappa shape index (κ1) is 11.0. The Morgan fingerprint density at radius 2 is 2.25 bits per heavy atom. The molecular weight excluding hydrogens is 246 g/mol. The molecule has 16 heavy (non-hydrogen) atoms. The lowest BCUT2D eigenvalue weighted by Gasteiger charge is -2.01. The van der Waals surface area contributed by atoms with E-state index in [1.807, 2.05) is 6.07 Å². The van der Waals surface area contributed by atoms with Gasteiger partial charge in [0.2, 0.25) is 0 Å². The summed E-state index contributed by atoms with van der Waals surface area (Å²) in [6.07, 6.45) is 4.02. The van der Waals surface area contributed by atoms with Crippen molar-refractivity contribution in [2.75, 3.05) is 5.32 Å². The molecule has 6 heteroatoms. The lowest BCUT2D eigenvalue weighted by Crippen LogP contribution is -1.98. The molecular formula is C10H8ClN3OS. The molecule has 2 aromatic rings. The highest BCUT2D eigenvalue weighted by molar-refractivity contribution is 7.17. The minimum Gasteiger partial charge on any atom is -0.357 e. The van der Waals surface area contributed by atoms with Crippen LogP contribution < -0.4 is 5.32 Å². The largest absolute Gasteiger partial charge is 0.357 e. The van der Waals surface area contributed by atoms with Crippen LogP contribution in [0.3, 0.4) is 0 Å². The van der Waals surface area contributed by atoms with Crippen molar-refractivity contribution in [1.82, 2.24) is 9.97 Å². The smallest absolute Gasteiger partial charge is 0.183 e. The zero-order valence-corrected chi connectivity index (χ0v) is 9.76. The van der Waals surface area contributed by atoms with E-state index in [0.717, 1.165) is 17.0 Å². The van der Waals surface area contributed by atoms with Crippen molar-refractivity contribution in [3.63, 3.8) is 0 Å². The summed E-state index contributed by atoms with van der Waals surface area (Å²) in [5.41, 5.74) is 1.01. The number of carbonyl (C=O) groups excluding carboxylic acids is 1. The lowest BCUT2D eigenvalue weighted by molar-refractivity contribution is 0.112. The van der Waals surface area contributed by atoms with Gasteiger partial charge in [0, 0.05) is 12.7 Å². The van der Waals surface area contributed by atoms with Gasteiger partial charge in [-0.2, -0.15) is 0 Å². The number of aldehydes is 1. The molecule has 2 aromatic heterocycles. The number of rotatable bonds is 4. The Kier molecular flexibility index (Phi) is 3.48. The maximum Gasteiger partial charge on any atom is 0.183 e. The SMILES string of the molecule is O=Cc1cnc(NCc2ccc(Cl)nc2)s1. The fourth-order valence-corrected chi connectivity index (χ4v) is 1.85. The molecule has 0 bridgehead atoms. The van der Waals surface area contributed by atoms with Crippen LogP contribution >= 0.6 is 22.9 Å². The summed E-state index contributed by atoms with van der Waals surface area (Å²) in [7, 11) is 0. The summed E-state index contributed by atoms with van der Waals surface area (Å²) >= 11 is 6.99. The number of thiazole rings is 1. The second-order valence-electron chi connectivity index (χ2n) is 3.03. The van der Waals surface area contributed by atoms with E-state index in [4.69, 9.17) is 11.6 Å². The van der Waals surface area contributed by atoms with E-state index in [-0.39, 0.29) is 0 Å². The molecule has 0 saturated heterocycles. The standard InChI is InChI=1S/C10H8ClN3OS/c11-9-2-1-7(3-12-9)4-13-10-14-5-8(6-15)16-10/h1-3,5-6H,4H2,(H,13,14). The van der Waals surface area contributed by atoms with E-state index >= 15 is 0 Å². The number of anilines is 1. The third-order valence-electron chi connectivity index (χ3n) is 1.87. The van der Waals surface area contributed by atoms with Crippen LogP contribution in [0.1, 0.15) is 15.2 Å². The van der Waals surface area contributed by atoms with Crippen molar-refractivity contribution in [2.45, 2.75) is 6.54 Å². The Balaban J connectivity index is 1.96. The van der Waals surface area contributed by atoms with E-state index in [9.17, 15) is 4.79 Å². The maximum atomic E-state index is 10.4. The lowest BCUT2D eigenvalue weighted by atomic mass is 10.3. The summed E-state index contributed by atoms with van der Waals surface area (Å²) in [6.45, 7) is 0.607. The summed E-state index contributed by atoms with van der Waals surface area (Å²) in [6, 6.07) is 3.62. The molecule has 0 aliphatic heterocycles. The quantitative estimate of drug-likeness (QED) is 0.672. The van der Waals surface area contributed by atoms with Crippen LogP contribution in [-0.4, -0.2) is 16.3 Å². The molecule has 0 spiro atoms. The van der Waals surface area contributed by atoms with Crippen molar-refractivity contribution in [2.24, 2.45) is 0 Å². The van der Waals surface area contributed by atoms with Gasteiger partial charge in [-0.1, -0.05) is 29.0 Å². The first-order valence-electron chi connectivity index (χ1n) is 4.53. The molecule has 0 radical (unpaired) electrons. The minimum atomic E-state index is 0.473. The van der Waals surface area contributed by atoms with Gasteiger partial charge in [0.1, 0.15) is 5.15 Å². The van der Waals surface area contributed by atoms with Crippen LogP contribution in [0.4, 0.5) is 5.13 Å². The predicted octanol–water partition coefficient (Wildman–Crippen LogP) is 2.62. The van der Waals surface area contributed by atoms with Gasteiger partial charge in [-0.3, -0.25) is 4.79 Å². The molecule has 0 saturated carbocycles. The molecule has 82 valence electrons. The number of halogens is 1. The third kappa shape index (κ3) is 2.77. The number of hydrogen-bond acceptors (Lipinski definition) is 5. The Morgan fingerprint density at radius 1 is 1.38 bits per heavy atom. The predicted molar refractivity (Wildman–Crippen MR) is 64.1 cm³/mol. The minimum absolute atomic E-state index is 0.473. The van der Waals surface area contributed by atoms with Gasteiger partial charge < -0.3 is 5.32 Å². The Labute approximate surface area is 101 Å². The van der Waals surface area contributed by atoms with E-state index in [1.165, 1.54) is 11.3 Å². The number of pyridine rings is 1. The Bertz CT molecular complexity index is 483. The van der Waals surface area contributed by atoms with Gasteiger partial charge in [-0.15, -0.1) is 0 Å². The van der Waals surface area contributed by atoms with Crippen LogP contribution in [-0.2, 0) is 6.54 Å². The number of hydrogen-bond donors (Lipinski definition) is 1. The van der Waals surface area contributed by atoms with Crippen molar-refractivity contribution < 1.29 is 4.79 Å². The molecule has 0 aliphatic rings. The molecule has 2 heterocycles. The van der Waals surface area contributed by atoms with Gasteiger partial charge in [0.25, 0.3) is 0 Å². The summed E-state index contributed by atoms with van der Waals surface area (Å²) in [4.78, 5) is 19.1. The van der Waals surface area contributed by atoms with Crippen LogP contribution in [0.2, 0.25) is 5.15 Å². The zero-order valence-electron chi connectivity index (χ0n) is 8.18. The second-order valence-corrected chi connectivity index (χ2v) is 4.48. The molecule has 0 atom stereocenters. The molecule has 0 unspecified atom stereocenters. The highest BCUT2D eigenvalue weighted by Crippen LogP contribution is 2.17. The zero-order chi connectivity index (χ0) is 11.4. The van der Waals surface area contributed by atoms with E-state index in [0.29, 0.717) is 16.6 Å². The Hall–Kier alpha value is -1.46. The number of carbonyl (C=O) groups is 1. The summed E-state index contributed by atoms with van der Waals surface area (Å²) < 4.78 is 0. The van der Waals surface area contributed by atoms with Gasteiger partial charge in [-0.05, 0) is 11.6 Å². The average molecular weight is 254 g/mol.